The van der Waals surface area contributed by atoms with Gasteiger partial charge in [0, 0.05) is 24.4 Å². The SMILES string of the molecule is CC(C)(C)Cc1nc2cccnc2n1CC1CCCS1. The molecule has 0 bridgehead atoms. The molecule has 20 heavy (non-hydrogen) atoms. The largest absolute Gasteiger partial charge is 0.312 e. The fourth-order valence-corrected chi connectivity index (χ4v) is 4.05. The minimum Gasteiger partial charge on any atom is -0.312 e. The van der Waals surface area contributed by atoms with E-state index in [9.17, 15) is 0 Å². The van der Waals surface area contributed by atoms with Gasteiger partial charge in [0.1, 0.15) is 11.3 Å². The van der Waals surface area contributed by atoms with Crippen LogP contribution in [0.1, 0.15) is 39.4 Å². The molecule has 1 unspecified atom stereocenters. The summed E-state index contributed by atoms with van der Waals surface area (Å²) in [6, 6.07) is 4.05. The average molecular weight is 289 g/mol. The second kappa shape index (κ2) is 5.40. The van der Waals surface area contributed by atoms with Crippen LogP contribution in [0.4, 0.5) is 0 Å². The van der Waals surface area contributed by atoms with Crippen molar-refractivity contribution in [1.82, 2.24) is 14.5 Å². The van der Waals surface area contributed by atoms with E-state index in [4.69, 9.17) is 4.98 Å². The minimum atomic E-state index is 0.252. The monoisotopic (exact) mass is 289 g/mol. The smallest absolute Gasteiger partial charge is 0.160 e. The first-order valence-electron chi connectivity index (χ1n) is 7.45. The first-order valence-corrected chi connectivity index (χ1v) is 8.49. The lowest BCUT2D eigenvalue weighted by Gasteiger charge is -2.20. The summed E-state index contributed by atoms with van der Waals surface area (Å²) in [7, 11) is 0. The maximum Gasteiger partial charge on any atom is 0.160 e. The van der Waals surface area contributed by atoms with Gasteiger partial charge in [-0.05, 0) is 36.1 Å². The fraction of sp³-hybridized carbons (Fsp3) is 0.625. The van der Waals surface area contributed by atoms with Crippen LogP contribution in [0, 0.1) is 5.41 Å². The van der Waals surface area contributed by atoms with Gasteiger partial charge in [0.15, 0.2) is 5.65 Å². The van der Waals surface area contributed by atoms with Gasteiger partial charge in [-0.25, -0.2) is 9.97 Å². The number of fused-ring (bicyclic) bond motifs is 1. The van der Waals surface area contributed by atoms with Crippen LogP contribution in [0.3, 0.4) is 0 Å². The molecular formula is C16H23N3S. The summed E-state index contributed by atoms with van der Waals surface area (Å²) in [6.45, 7) is 7.88. The van der Waals surface area contributed by atoms with Gasteiger partial charge < -0.3 is 4.57 Å². The van der Waals surface area contributed by atoms with Crippen LogP contribution in [0.2, 0.25) is 0 Å². The summed E-state index contributed by atoms with van der Waals surface area (Å²) in [5.41, 5.74) is 2.34. The molecule has 2 aromatic heterocycles. The molecule has 3 nitrogen and oxygen atoms in total. The molecule has 0 amide bonds. The minimum absolute atomic E-state index is 0.252. The van der Waals surface area contributed by atoms with Gasteiger partial charge >= 0.3 is 0 Å². The zero-order chi connectivity index (χ0) is 14.2. The number of rotatable bonds is 3. The van der Waals surface area contributed by atoms with Crippen molar-refractivity contribution in [2.75, 3.05) is 5.75 Å². The lowest BCUT2D eigenvalue weighted by Crippen LogP contribution is -2.18. The number of thioether (sulfide) groups is 1. The van der Waals surface area contributed by atoms with Crippen molar-refractivity contribution < 1.29 is 0 Å². The zero-order valence-corrected chi connectivity index (χ0v) is 13.4. The molecule has 1 fully saturated rings. The van der Waals surface area contributed by atoms with E-state index in [1.807, 2.05) is 12.3 Å². The Morgan fingerprint density at radius 3 is 2.95 bits per heavy atom. The van der Waals surface area contributed by atoms with Crippen molar-refractivity contribution >= 4 is 22.9 Å². The van der Waals surface area contributed by atoms with Crippen LogP contribution in [0.5, 0.6) is 0 Å². The van der Waals surface area contributed by atoms with E-state index in [0.29, 0.717) is 0 Å². The lowest BCUT2D eigenvalue weighted by molar-refractivity contribution is 0.392. The molecule has 1 aliphatic rings. The highest BCUT2D eigenvalue weighted by atomic mass is 32.2. The number of nitrogens with zero attached hydrogens (tertiary/aromatic N) is 3. The molecule has 108 valence electrons. The Bertz CT molecular complexity index is 591. The number of hydrogen-bond donors (Lipinski definition) is 0. The normalized spacial score (nSPS) is 19.9. The van der Waals surface area contributed by atoms with Crippen molar-refractivity contribution in [3.63, 3.8) is 0 Å². The molecular weight excluding hydrogens is 266 g/mol. The molecule has 3 rings (SSSR count). The van der Waals surface area contributed by atoms with Crippen LogP contribution in [0.25, 0.3) is 11.2 Å². The molecule has 0 radical (unpaired) electrons. The Kier molecular flexibility index (Phi) is 3.76. The number of imidazole rings is 1. The second-order valence-electron chi connectivity index (χ2n) is 6.86. The summed E-state index contributed by atoms with van der Waals surface area (Å²) in [5.74, 6) is 2.50. The lowest BCUT2D eigenvalue weighted by atomic mass is 9.92. The van der Waals surface area contributed by atoms with Crippen molar-refractivity contribution in [3.05, 3.63) is 24.2 Å². The van der Waals surface area contributed by atoms with Crippen molar-refractivity contribution in [2.45, 2.75) is 51.8 Å². The van der Waals surface area contributed by atoms with E-state index in [1.165, 1.54) is 24.4 Å². The molecule has 4 heteroatoms. The topological polar surface area (TPSA) is 30.7 Å². The molecule has 0 N–H and O–H groups in total. The third kappa shape index (κ3) is 3.00. The van der Waals surface area contributed by atoms with E-state index in [-0.39, 0.29) is 5.41 Å². The van der Waals surface area contributed by atoms with Crippen LogP contribution in [-0.2, 0) is 13.0 Å². The van der Waals surface area contributed by atoms with Crippen molar-refractivity contribution in [3.8, 4) is 0 Å². The van der Waals surface area contributed by atoms with Gasteiger partial charge in [-0.1, -0.05) is 20.8 Å². The van der Waals surface area contributed by atoms with E-state index in [2.05, 4.69) is 48.2 Å². The predicted molar refractivity (Wildman–Crippen MR) is 86.2 cm³/mol. The Labute approximate surface area is 125 Å². The summed E-state index contributed by atoms with van der Waals surface area (Å²) in [4.78, 5) is 9.40. The average Bonchev–Trinajstić information content (AvgIpc) is 2.97. The van der Waals surface area contributed by atoms with E-state index in [0.717, 1.165) is 29.4 Å². The molecule has 0 aromatic carbocycles. The maximum atomic E-state index is 4.83. The first-order chi connectivity index (χ1) is 9.53. The molecule has 1 atom stereocenters. The molecule has 1 aliphatic heterocycles. The second-order valence-corrected chi connectivity index (χ2v) is 8.27. The first kappa shape index (κ1) is 13.9. The van der Waals surface area contributed by atoms with Gasteiger partial charge in [0.25, 0.3) is 0 Å². The van der Waals surface area contributed by atoms with Gasteiger partial charge in [-0.3, -0.25) is 0 Å². The number of hydrogen-bond acceptors (Lipinski definition) is 3. The van der Waals surface area contributed by atoms with E-state index >= 15 is 0 Å². The molecule has 2 aromatic rings. The Morgan fingerprint density at radius 2 is 2.25 bits per heavy atom. The summed E-state index contributed by atoms with van der Waals surface area (Å²) >= 11 is 2.10. The third-order valence-corrected chi connectivity index (χ3v) is 5.06. The number of aromatic nitrogens is 3. The van der Waals surface area contributed by atoms with Crippen LogP contribution >= 0.6 is 11.8 Å². The van der Waals surface area contributed by atoms with Gasteiger partial charge in [-0.2, -0.15) is 11.8 Å². The highest BCUT2D eigenvalue weighted by molar-refractivity contribution is 8.00. The third-order valence-electron chi connectivity index (χ3n) is 3.68. The summed E-state index contributed by atoms with van der Waals surface area (Å²) < 4.78 is 2.36. The van der Waals surface area contributed by atoms with E-state index in [1.54, 1.807) is 0 Å². The Balaban J connectivity index is 1.98. The van der Waals surface area contributed by atoms with Gasteiger partial charge in [-0.15, -0.1) is 0 Å². The standard InChI is InChI=1S/C16H23N3S/c1-16(2,3)10-14-18-13-7-4-8-17-15(13)19(14)11-12-6-5-9-20-12/h4,7-8,12H,5-6,9-11H2,1-3H3. The molecule has 0 aliphatic carbocycles. The quantitative estimate of drug-likeness (QED) is 0.858. The molecule has 3 heterocycles. The zero-order valence-electron chi connectivity index (χ0n) is 12.6. The van der Waals surface area contributed by atoms with Crippen LogP contribution < -0.4 is 0 Å². The highest BCUT2D eigenvalue weighted by Gasteiger charge is 2.22. The van der Waals surface area contributed by atoms with Crippen LogP contribution in [-0.4, -0.2) is 25.5 Å². The van der Waals surface area contributed by atoms with Crippen molar-refractivity contribution in [1.29, 1.82) is 0 Å². The maximum absolute atomic E-state index is 4.83. The summed E-state index contributed by atoms with van der Waals surface area (Å²) in [5, 5.41) is 0.730. The fourth-order valence-electron chi connectivity index (χ4n) is 2.80. The molecule has 1 saturated heterocycles. The molecule has 0 saturated carbocycles. The summed E-state index contributed by atoms with van der Waals surface area (Å²) in [6.07, 6.45) is 5.56. The predicted octanol–water partition coefficient (Wildman–Crippen LogP) is 3.92. The van der Waals surface area contributed by atoms with E-state index < -0.39 is 0 Å². The molecule has 0 spiro atoms. The highest BCUT2D eigenvalue weighted by Crippen LogP contribution is 2.30. The van der Waals surface area contributed by atoms with Gasteiger partial charge in [0.05, 0.1) is 0 Å². The Hall–Kier alpha value is -1.03. The van der Waals surface area contributed by atoms with Gasteiger partial charge in [0.2, 0.25) is 0 Å². The van der Waals surface area contributed by atoms with Crippen molar-refractivity contribution in [2.24, 2.45) is 5.41 Å². The Morgan fingerprint density at radius 1 is 1.40 bits per heavy atom. The van der Waals surface area contributed by atoms with Crippen LogP contribution in [0.15, 0.2) is 18.3 Å². The number of pyridine rings is 1.